The molecule has 0 atom stereocenters. The number of hydrogen-bond acceptors (Lipinski definition) is 8. The second kappa shape index (κ2) is 10.5. The van der Waals surface area contributed by atoms with Gasteiger partial charge in [-0.3, -0.25) is 14.5 Å². The van der Waals surface area contributed by atoms with Crippen LogP contribution in [0.4, 0.5) is 15.9 Å². The molecule has 178 valence electrons. The van der Waals surface area contributed by atoms with E-state index >= 15 is 0 Å². The Bertz CT molecular complexity index is 1260. The minimum Gasteiger partial charge on any atom is -0.468 e. The molecule has 1 N–H and O–H groups in total. The van der Waals surface area contributed by atoms with E-state index in [-0.39, 0.29) is 23.4 Å². The maximum atomic E-state index is 13.5. The molecule has 8 nitrogen and oxygen atoms in total. The van der Waals surface area contributed by atoms with Gasteiger partial charge in [-0.25, -0.2) is 14.4 Å². The molecule has 0 spiro atoms. The number of halogens is 2. The molecule has 0 aliphatic carbocycles. The molecule has 3 aromatic rings. The Labute approximate surface area is 205 Å². The van der Waals surface area contributed by atoms with Gasteiger partial charge in [0.2, 0.25) is 5.91 Å². The predicted molar refractivity (Wildman–Crippen MR) is 130 cm³/mol. The van der Waals surface area contributed by atoms with Crippen LogP contribution >= 0.6 is 22.9 Å². The van der Waals surface area contributed by atoms with Gasteiger partial charge in [-0.1, -0.05) is 17.7 Å². The highest BCUT2D eigenvalue weighted by molar-refractivity contribution is 7.19. The maximum Gasteiger partial charge on any atom is 0.319 e. The predicted octanol–water partition coefficient (Wildman–Crippen LogP) is 3.77. The van der Waals surface area contributed by atoms with Gasteiger partial charge in [0.25, 0.3) is 0 Å². The molecular formula is C23H23ClFN5O3S. The van der Waals surface area contributed by atoms with Crippen LogP contribution in [-0.2, 0) is 27.3 Å². The zero-order valence-electron chi connectivity index (χ0n) is 18.7. The summed E-state index contributed by atoms with van der Waals surface area (Å²) in [6, 6.07) is 4.42. The van der Waals surface area contributed by atoms with Crippen LogP contribution in [0.2, 0.25) is 5.02 Å². The number of hydrogen-bond donors (Lipinski definition) is 1. The molecule has 1 aliphatic heterocycles. The molecule has 0 fully saturated rings. The number of likely N-dealkylation sites (N-methyl/N-ethyl adjacent to an activating group) is 1. The second-order valence-corrected chi connectivity index (χ2v) is 9.34. The van der Waals surface area contributed by atoms with Crippen LogP contribution in [0, 0.1) is 5.82 Å². The molecule has 0 saturated carbocycles. The normalized spacial score (nSPS) is 13.5. The first-order valence-corrected chi connectivity index (χ1v) is 11.7. The van der Waals surface area contributed by atoms with Crippen LogP contribution in [0.1, 0.15) is 10.4 Å². The molecular weight excluding hydrogens is 481 g/mol. The molecule has 0 saturated heterocycles. The van der Waals surface area contributed by atoms with Crippen LogP contribution in [0.15, 0.2) is 36.7 Å². The van der Waals surface area contributed by atoms with Gasteiger partial charge in [0.1, 0.15) is 22.8 Å². The molecule has 1 aliphatic rings. The zero-order valence-corrected chi connectivity index (χ0v) is 20.2. The summed E-state index contributed by atoms with van der Waals surface area (Å²) in [6.07, 6.45) is 5.43. The van der Waals surface area contributed by atoms with Crippen LogP contribution in [0.5, 0.6) is 0 Å². The van der Waals surface area contributed by atoms with Crippen LogP contribution in [-0.4, -0.2) is 65.4 Å². The number of methoxy groups -OCH3 is 1. The SMILES string of the molecule is COC(=O)CN(C)C/C=C/C(=O)N1CCc2c(sc3ncnc(Nc4ccc(F)c(Cl)c4)c23)C1. The number of nitrogens with one attached hydrogen (secondary N) is 1. The molecule has 1 aromatic carbocycles. The minimum absolute atomic E-state index is 0.0290. The van der Waals surface area contributed by atoms with Crippen molar-refractivity contribution < 1.29 is 18.7 Å². The highest BCUT2D eigenvalue weighted by Crippen LogP contribution is 2.38. The van der Waals surface area contributed by atoms with Crippen LogP contribution < -0.4 is 5.32 Å². The monoisotopic (exact) mass is 503 g/mol. The van der Waals surface area contributed by atoms with Crippen molar-refractivity contribution >= 4 is 56.5 Å². The van der Waals surface area contributed by atoms with Gasteiger partial charge < -0.3 is 15.0 Å². The van der Waals surface area contributed by atoms with Gasteiger partial charge in [-0.2, -0.15) is 0 Å². The van der Waals surface area contributed by atoms with Crippen molar-refractivity contribution in [1.29, 1.82) is 0 Å². The third-order valence-corrected chi connectivity index (χ3v) is 6.85. The maximum absolute atomic E-state index is 13.5. The van der Waals surface area contributed by atoms with Crippen molar-refractivity contribution in [2.75, 3.05) is 39.1 Å². The summed E-state index contributed by atoms with van der Waals surface area (Å²) in [6.45, 7) is 1.67. The lowest BCUT2D eigenvalue weighted by atomic mass is 10.0. The fourth-order valence-corrected chi connectivity index (χ4v) is 5.09. The lowest BCUT2D eigenvalue weighted by molar-refractivity contribution is -0.141. The smallest absolute Gasteiger partial charge is 0.319 e. The van der Waals surface area contributed by atoms with Crippen molar-refractivity contribution in [2.24, 2.45) is 0 Å². The van der Waals surface area contributed by atoms with E-state index in [9.17, 15) is 14.0 Å². The fourth-order valence-electron chi connectivity index (χ4n) is 3.71. The molecule has 3 heterocycles. The van der Waals surface area contributed by atoms with Crippen LogP contribution in [0.3, 0.4) is 0 Å². The number of carbonyl (C=O) groups excluding carboxylic acids is 2. The molecule has 0 unspecified atom stereocenters. The summed E-state index contributed by atoms with van der Waals surface area (Å²) in [5.74, 6) is -0.268. The van der Waals surface area contributed by atoms with Gasteiger partial charge in [0.05, 0.1) is 30.6 Å². The topological polar surface area (TPSA) is 87.7 Å². The minimum atomic E-state index is -0.484. The number of esters is 1. The number of benzene rings is 1. The average molecular weight is 504 g/mol. The Morgan fingerprint density at radius 2 is 2.21 bits per heavy atom. The first kappa shape index (κ1) is 24.1. The van der Waals surface area contributed by atoms with E-state index in [0.29, 0.717) is 37.6 Å². The van der Waals surface area contributed by atoms with Crippen molar-refractivity contribution in [1.82, 2.24) is 19.8 Å². The van der Waals surface area contributed by atoms with Gasteiger partial charge in [-0.15, -0.1) is 11.3 Å². The number of aromatic nitrogens is 2. The highest BCUT2D eigenvalue weighted by Gasteiger charge is 2.25. The van der Waals surface area contributed by atoms with Crippen molar-refractivity contribution in [3.63, 3.8) is 0 Å². The van der Waals surface area contributed by atoms with E-state index in [1.54, 1.807) is 29.0 Å². The molecule has 0 radical (unpaired) electrons. The number of ether oxygens (including phenoxy) is 1. The Balaban J connectivity index is 1.47. The van der Waals surface area contributed by atoms with E-state index in [1.807, 2.05) is 0 Å². The van der Waals surface area contributed by atoms with Crippen LogP contribution in [0.25, 0.3) is 10.2 Å². The fraction of sp³-hybridized carbons (Fsp3) is 0.304. The molecule has 4 rings (SSSR count). The number of thiophene rings is 1. The summed E-state index contributed by atoms with van der Waals surface area (Å²) in [5, 5.41) is 4.16. The second-order valence-electron chi connectivity index (χ2n) is 7.85. The standard InChI is InChI=1S/C23H23ClFN5O3S/c1-29(12-20(32)33-2)8-3-4-19(31)30-9-7-15-18(11-30)34-23-21(15)22(26-13-27-23)28-14-5-6-17(25)16(24)10-14/h3-6,10,13H,7-9,11-12H2,1-2H3,(H,26,27,28)/b4-3+. The summed E-state index contributed by atoms with van der Waals surface area (Å²) in [5.41, 5.74) is 1.74. The summed E-state index contributed by atoms with van der Waals surface area (Å²) < 4.78 is 18.1. The third-order valence-electron chi connectivity index (χ3n) is 5.44. The van der Waals surface area contributed by atoms with E-state index < -0.39 is 5.82 Å². The Kier molecular flexibility index (Phi) is 7.40. The van der Waals surface area contributed by atoms with Gasteiger partial charge in [0, 0.05) is 29.7 Å². The van der Waals surface area contributed by atoms with E-state index in [4.69, 9.17) is 11.6 Å². The number of anilines is 2. The largest absolute Gasteiger partial charge is 0.468 e. The molecule has 34 heavy (non-hydrogen) atoms. The number of carbonyl (C=O) groups is 2. The average Bonchev–Trinajstić information content (AvgIpc) is 3.20. The Hall–Kier alpha value is -3.08. The van der Waals surface area contributed by atoms with Gasteiger partial charge in [0.15, 0.2) is 0 Å². The third kappa shape index (κ3) is 5.35. The number of fused-ring (bicyclic) bond motifs is 3. The first-order valence-electron chi connectivity index (χ1n) is 10.5. The molecule has 1 amide bonds. The molecule has 11 heteroatoms. The zero-order chi connectivity index (χ0) is 24.2. The lowest BCUT2D eigenvalue weighted by Gasteiger charge is -2.26. The number of nitrogens with zero attached hydrogens (tertiary/aromatic N) is 4. The summed E-state index contributed by atoms with van der Waals surface area (Å²) >= 11 is 7.44. The molecule has 0 bridgehead atoms. The van der Waals surface area contributed by atoms with Crippen molar-refractivity contribution in [3.05, 3.63) is 58.0 Å². The van der Waals surface area contributed by atoms with E-state index in [1.165, 1.54) is 43.0 Å². The lowest BCUT2D eigenvalue weighted by Crippen LogP contribution is -2.34. The highest BCUT2D eigenvalue weighted by atomic mass is 35.5. The van der Waals surface area contributed by atoms with Gasteiger partial charge >= 0.3 is 5.97 Å². The van der Waals surface area contributed by atoms with Gasteiger partial charge in [-0.05, 0) is 37.2 Å². The summed E-state index contributed by atoms with van der Waals surface area (Å²) in [7, 11) is 3.12. The Morgan fingerprint density at radius 1 is 1.38 bits per heavy atom. The quantitative estimate of drug-likeness (QED) is 0.388. The van der Waals surface area contributed by atoms with Crippen molar-refractivity contribution in [3.8, 4) is 0 Å². The number of rotatable bonds is 7. The Morgan fingerprint density at radius 3 is 2.97 bits per heavy atom. The van der Waals surface area contributed by atoms with E-state index in [0.717, 1.165) is 20.7 Å². The van der Waals surface area contributed by atoms with Crippen molar-refractivity contribution in [2.45, 2.75) is 13.0 Å². The number of amides is 1. The van der Waals surface area contributed by atoms with E-state index in [2.05, 4.69) is 20.0 Å². The summed E-state index contributed by atoms with van der Waals surface area (Å²) in [4.78, 5) is 38.3. The first-order chi connectivity index (χ1) is 16.4. The molecule has 2 aromatic heterocycles.